The third kappa shape index (κ3) is 7.58. The second-order valence-electron chi connectivity index (χ2n) is 10.5. The molecule has 4 rings (SSSR count). The van der Waals surface area contributed by atoms with Gasteiger partial charge in [0.1, 0.15) is 28.2 Å². The van der Waals surface area contributed by atoms with Crippen LogP contribution in [0, 0.1) is 17.7 Å². The Kier molecular flexibility index (Phi) is 11.6. The first kappa shape index (κ1) is 30.8. The molecule has 0 N–H and O–H groups in total. The Bertz CT molecular complexity index is 1380. The lowest BCUT2D eigenvalue weighted by Crippen LogP contribution is -2.01. The molecule has 3 aromatic heterocycles. The van der Waals surface area contributed by atoms with Crippen molar-refractivity contribution in [3.05, 3.63) is 54.8 Å². The highest BCUT2D eigenvalue weighted by Gasteiger charge is 2.21. The van der Waals surface area contributed by atoms with E-state index in [1.54, 1.807) is 11.3 Å². The molecule has 0 aliphatic carbocycles. The van der Waals surface area contributed by atoms with Crippen molar-refractivity contribution < 1.29 is 4.39 Å². The third-order valence-corrected chi connectivity index (χ3v) is 11.2. The van der Waals surface area contributed by atoms with Gasteiger partial charge in [-0.2, -0.15) is 0 Å². The van der Waals surface area contributed by atoms with E-state index < -0.39 is 0 Å². The van der Waals surface area contributed by atoms with Crippen molar-refractivity contribution in [2.75, 3.05) is 0 Å². The standard InChI is InChI=1S/C32H39Br2FN2S2/c1-5-9-11-20(7-3)17-22-13-15-26(38-22)30-31(37-32-28(34)25(35)19-24(33)29(32)36-30)27-16-14-23(39-27)18-21(8-4)12-10-6-2/h13-16,19-21H,5-12,17-18H2,1-4H3. The highest BCUT2D eigenvalue weighted by molar-refractivity contribution is 9.11. The van der Waals surface area contributed by atoms with Crippen molar-refractivity contribution in [3.63, 3.8) is 0 Å². The molecule has 0 saturated carbocycles. The van der Waals surface area contributed by atoms with Crippen molar-refractivity contribution in [3.8, 4) is 21.1 Å². The molecule has 0 spiro atoms. The van der Waals surface area contributed by atoms with E-state index in [2.05, 4.69) is 83.8 Å². The minimum Gasteiger partial charge on any atom is -0.242 e. The van der Waals surface area contributed by atoms with Gasteiger partial charge >= 0.3 is 0 Å². The van der Waals surface area contributed by atoms with E-state index in [4.69, 9.17) is 9.97 Å². The first-order valence-electron chi connectivity index (χ1n) is 14.4. The molecule has 0 aliphatic heterocycles. The molecular formula is C32H39Br2FN2S2. The second kappa shape index (κ2) is 14.7. The van der Waals surface area contributed by atoms with Crippen LogP contribution in [0.25, 0.3) is 32.2 Å². The largest absolute Gasteiger partial charge is 0.242 e. The number of nitrogens with zero attached hydrogens (tertiary/aromatic N) is 2. The van der Waals surface area contributed by atoms with Crippen LogP contribution in [0.5, 0.6) is 0 Å². The van der Waals surface area contributed by atoms with Gasteiger partial charge in [-0.3, -0.25) is 0 Å². The summed E-state index contributed by atoms with van der Waals surface area (Å²) in [6.07, 6.45) is 12.2. The number of hydrogen-bond acceptors (Lipinski definition) is 4. The maximum absolute atomic E-state index is 14.7. The Morgan fingerprint density at radius 1 is 0.744 bits per heavy atom. The molecule has 2 unspecified atom stereocenters. The minimum absolute atomic E-state index is 0.341. The van der Waals surface area contributed by atoms with Gasteiger partial charge in [-0.25, -0.2) is 14.4 Å². The number of fused-ring (bicyclic) bond motifs is 1. The van der Waals surface area contributed by atoms with Crippen LogP contribution in [0.2, 0.25) is 0 Å². The summed E-state index contributed by atoms with van der Waals surface area (Å²) in [5.41, 5.74) is 2.94. The van der Waals surface area contributed by atoms with E-state index in [9.17, 15) is 4.39 Å². The quantitative estimate of drug-likeness (QED) is 0.123. The minimum atomic E-state index is -0.341. The van der Waals surface area contributed by atoms with Gasteiger partial charge in [0.05, 0.1) is 14.2 Å². The normalized spacial score (nSPS) is 13.3. The van der Waals surface area contributed by atoms with E-state index >= 15 is 0 Å². The van der Waals surface area contributed by atoms with Crippen LogP contribution in [0.1, 0.15) is 88.8 Å². The van der Waals surface area contributed by atoms with Gasteiger partial charge in [-0.1, -0.05) is 79.1 Å². The molecule has 0 amide bonds. The highest BCUT2D eigenvalue weighted by atomic mass is 79.9. The number of benzene rings is 1. The lowest BCUT2D eigenvalue weighted by molar-refractivity contribution is 0.452. The van der Waals surface area contributed by atoms with Crippen LogP contribution in [0.15, 0.2) is 39.3 Å². The summed E-state index contributed by atoms with van der Waals surface area (Å²) in [6, 6.07) is 10.4. The summed E-state index contributed by atoms with van der Waals surface area (Å²) < 4.78 is 15.6. The smallest absolute Gasteiger partial charge is 0.140 e. The van der Waals surface area contributed by atoms with Crippen LogP contribution in [-0.2, 0) is 12.8 Å². The molecule has 0 fully saturated rings. The SMILES string of the molecule is CCCCC(CC)Cc1ccc(-c2nc3c(Br)cc(F)c(Br)c3nc2-c2ccc(CC(CC)CCCC)s2)s1. The molecule has 1 aromatic carbocycles. The molecule has 0 aliphatic rings. The van der Waals surface area contributed by atoms with Crippen molar-refractivity contribution in [1.29, 1.82) is 0 Å². The van der Waals surface area contributed by atoms with Gasteiger partial charge in [-0.05, 0) is 86.9 Å². The molecule has 39 heavy (non-hydrogen) atoms. The summed E-state index contributed by atoms with van der Waals surface area (Å²) in [7, 11) is 0. The molecule has 0 saturated heterocycles. The van der Waals surface area contributed by atoms with E-state index in [0.717, 1.165) is 34.0 Å². The Morgan fingerprint density at radius 2 is 1.23 bits per heavy atom. The fraction of sp³-hybridized carbons (Fsp3) is 0.500. The highest BCUT2D eigenvalue weighted by Crippen LogP contribution is 2.41. The maximum atomic E-state index is 14.7. The topological polar surface area (TPSA) is 25.8 Å². The zero-order chi connectivity index (χ0) is 27.9. The average molecular weight is 695 g/mol. The van der Waals surface area contributed by atoms with Gasteiger partial charge < -0.3 is 0 Å². The predicted octanol–water partition coefficient (Wildman–Crippen LogP) is 12.3. The first-order valence-corrected chi connectivity index (χ1v) is 17.6. The van der Waals surface area contributed by atoms with Gasteiger partial charge in [0, 0.05) is 14.2 Å². The number of thiophene rings is 2. The fourth-order valence-corrected chi connectivity index (χ4v) is 8.23. The molecular weight excluding hydrogens is 655 g/mol. The summed E-state index contributed by atoms with van der Waals surface area (Å²) in [5, 5.41) is 0. The number of aromatic nitrogens is 2. The van der Waals surface area contributed by atoms with Crippen molar-refractivity contribution in [2.24, 2.45) is 11.8 Å². The van der Waals surface area contributed by atoms with Crippen LogP contribution < -0.4 is 0 Å². The zero-order valence-electron chi connectivity index (χ0n) is 23.5. The van der Waals surface area contributed by atoms with Gasteiger partial charge in [-0.15, -0.1) is 22.7 Å². The predicted molar refractivity (Wildman–Crippen MR) is 176 cm³/mol. The number of halogens is 3. The van der Waals surface area contributed by atoms with Crippen LogP contribution in [-0.4, -0.2) is 9.97 Å². The van der Waals surface area contributed by atoms with E-state index in [1.165, 1.54) is 67.2 Å². The van der Waals surface area contributed by atoms with E-state index in [0.29, 0.717) is 31.8 Å². The number of rotatable bonds is 14. The van der Waals surface area contributed by atoms with E-state index in [1.807, 2.05) is 11.3 Å². The molecule has 7 heteroatoms. The van der Waals surface area contributed by atoms with Gasteiger partial charge in [0.25, 0.3) is 0 Å². The lowest BCUT2D eigenvalue weighted by Gasteiger charge is -2.13. The Hall–Kier alpha value is -1.15. The Labute approximate surface area is 258 Å². The zero-order valence-corrected chi connectivity index (χ0v) is 28.3. The van der Waals surface area contributed by atoms with Crippen LogP contribution in [0.3, 0.4) is 0 Å². The molecule has 0 bridgehead atoms. The fourth-order valence-electron chi connectivity index (χ4n) is 5.14. The summed E-state index contributed by atoms with van der Waals surface area (Å²) in [6.45, 7) is 9.13. The molecule has 210 valence electrons. The first-order chi connectivity index (χ1) is 18.9. The molecule has 0 radical (unpaired) electrons. The Balaban J connectivity index is 1.75. The van der Waals surface area contributed by atoms with E-state index in [-0.39, 0.29) is 5.82 Å². The van der Waals surface area contributed by atoms with Crippen molar-refractivity contribution in [1.82, 2.24) is 9.97 Å². The summed E-state index contributed by atoms with van der Waals surface area (Å²) >= 11 is 10.6. The van der Waals surface area contributed by atoms with Gasteiger partial charge in [0.15, 0.2) is 0 Å². The Morgan fingerprint density at radius 3 is 1.69 bits per heavy atom. The monoisotopic (exact) mass is 692 g/mol. The molecule has 3 heterocycles. The number of unbranched alkanes of at least 4 members (excludes halogenated alkanes) is 2. The molecule has 2 nitrogen and oxygen atoms in total. The van der Waals surface area contributed by atoms with Crippen molar-refractivity contribution >= 4 is 65.6 Å². The van der Waals surface area contributed by atoms with Crippen LogP contribution >= 0.6 is 54.5 Å². The number of hydrogen-bond donors (Lipinski definition) is 0. The lowest BCUT2D eigenvalue weighted by atomic mass is 9.95. The average Bonchev–Trinajstić information content (AvgIpc) is 3.61. The summed E-state index contributed by atoms with van der Waals surface area (Å²) in [4.78, 5) is 15.2. The second-order valence-corrected chi connectivity index (χ2v) is 14.5. The molecule has 2 atom stereocenters. The van der Waals surface area contributed by atoms with Crippen LogP contribution in [0.4, 0.5) is 4.39 Å². The van der Waals surface area contributed by atoms with Gasteiger partial charge in [0.2, 0.25) is 0 Å². The van der Waals surface area contributed by atoms with Crippen molar-refractivity contribution in [2.45, 2.75) is 91.9 Å². The maximum Gasteiger partial charge on any atom is 0.140 e. The molecule has 4 aromatic rings. The summed E-state index contributed by atoms with van der Waals surface area (Å²) in [5.74, 6) is 1.08. The third-order valence-electron chi connectivity index (χ3n) is 7.65.